The number of nitrogens with zero attached hydrogens (tertiary/aromatic N) is 3. The van der Waals surface area contributed by atoms with E-state index in [0.717, 1.165) is 22.3 Å². The van der Waals surface area contributed by atoms with Gasteiger partial charge in [0, 0.05) is 0 Å². The van der Waals surface area contributed by atoms with Crippen LogP contribution in [0.15, 0.2) is 27.1 Å². The Morgan fingerprint density at radius 3 is 1.45 bits per heavy atom. The number of hydrogen-bond donors (Lipinski definition) is 6. The maximum atomic E-state index is 5.41. The molecule has 0 aromatic heterocycles. The lowest BCUT2D eigenvalue weighted by Gasteiger charge is -2.13. The lowest BCUT2D eigenvalue weighted by molar-refractivity contribution is 0.918. The Balaban J connectivity index is 3.29. The molecule has 0 heterocycles. The summed E-state index contributed by atoms with van der Waals surface area (Å²) >= 11 is 0. The molecule has 0 aliphatic carbocycles. The molecule has 0 aliphatic heterocycles. The fraction of sp³-hybridized carbons (Fsp3) is 0.308. The van der Waals surface area contributed by atoms with Gasteiger partial charge in [-0.3, -0.25) is 0 Å². The summed E-state index contributed by atoms with van der Waals surface area (Å²) in [5.74, 6) is 0.0290. The van der Waals surface area contributed by atoms with Crippen molar-refractivity contribution < 1.29 is 0 Å². The van der Waals surface area contributed by atoms with E-state index in [1.165, 1.54) is 0 Å². The fourth-order valence-corrected chi connectivity index (χ4v) is 1.98. The van der Waals surface area contributed by atoms with E-state index in [0.29, 0.717) is 19.6 Å². The predicted molar refractivity (Wildman–Crippen MR) is 89.7 cm³/mol. The van der Waals surface area contributed by atoms with Gasteiger partial charge in [0.25, 0.3) is 0 Å². The first kappa shape index (κ1) is 17.1. The van der Waals surface area contributed by atoms with Crippen molar-refractivity contribution in [3.63, 3.8) is 0 Å². The highest BCUT2D eigenvalue weighted by molar-refractivity contribution is 5.76. The van der Waals surface area contributed by atoms with Crippen LogP contribution < -0.4 is 34.4 Å². The van der Waals surface area contributed by atoms with Gasteiger partial charge in [-0.1, -0.05) is 17.7 Å². The van der Waals surface area contributed by atoms with E-state index >= 15 is 0 Å². The molecular formula is C13H23N9. The highest BCUT2D eigenvalue weighted by Gasteiger charge is 2.10. The number of aliphatic imine (C=N–C) groups is 3. The molecule has 1 rings (SSSR count). The maximum Gasteiger partial charge on any atom is 0.186 e. The first-order chi connectivity index (χ1) is 10.3. The number of benzene rings is 1. The number of nitrogens with two attached hydrogens (primary N) is 6. The third-order valence-electron chi connectivity index (χ3n) is 2.86. The van der Waals surface area contributed by atoms with E-state index in [9.17, 15) is 0 Å². The van der Waals surface area contributed by atoms with Crippen molar-refractivity contribution in [2.24, 2.45) is 49.4 Å². The molecule has 120 valence electrons. The third-order valence-corrected chi connectivity index (χ3v) is 2.86. The Morgan fingerprint density at radius 2 is 1.09 bits per heavy atom. The average Bonchev–Trinajstić information content (AvgIpc) is 2.40. The largest absolute Gasteiger partial charge is 0.370 e. The Hall–Kier alpha value is -2.97. The van der Waals surface area contributed by atoms with Crippen LogP contribution in [0.2, 0.25) is 0 Å². The van der Waals surface area contributed by atoms with Gasteiger partial charge in [0.05, 0.1) is 19.6 Å². The topological polar surface area (TPSA) is 193 Å². The molecule has 0 bridgehead atoms. The van der Waals surface area contributed by atoms with Gasteiger partial charge in [-0.25, -0.2) is 15.0 Å². The molecule has 0 unspecified atom stereocenters. The molecule has 0 spiro atoms. The molecule has 0 amide bonds. The smallest absolute Gasteiger partial charge is 0.186 e. The summed E-state index contributed by atoms with van der Waals surface area (Å²) in [6, 6.07) is 3.95. The Labute approximate surface area is 129 Å². The molecule has 9 heteroatoms. The minimum Gasteiger partial charge on any atom is -0.370 e. The summed E-state index contributed by atoms with van der Waals surface area (Å²) in [6.45, 7) is 2.91. The number of hydrogen-bond acceptors (Lipinski definition) is 3. The fourth-order valence-electron chi connectivity index (χ4n) is 1.98. The second-order valence-corrected chi connectivity index (χ2v) is 4.79. The van der Waals surface area contributed by atoms with E-state index in [4.69, 9.17) is 34.4 Å². The van der Waals surface area contributed by atoms with Gasteiger partial charge in [-0.2, -0.15) is 0 Å². The summed E-state index contributed by atoms with van der Waals surface area (Å²) in [7, 11) is 0. The van der Waals surface area contributed by atoms with Crippen molar-refractivity contribution in [2.45, 2.75) is 26.6 Å². The van der Waals surface area contributed by atoms with Gasteiger partial charge in [0.1, 0.15) is 0 Å². The van der Waals surface area contributed by atoms with Crippen LogP contribution in [0.3, 0.4) is 0 Å². The van der Waals surface area contributed by atoms with Crippen molar-refractivity contribution in [3.05, 3.63) is 34.4 Å². The lowest BCUT2D eigenvalue weighted by atomic mass is 9.97. The molecule has 0 atom stereocenters. The second-order valence-electron chi connectivity index (χ2n) is 4.79. The van der Waals surface area contributed by atoms with E-state index in [1.807, 2.05) is 19.1 Å². The Kier molecular flexibility index (Phi) is 5.99. The zero-order valence-corrected chi connectivity index (χ0v) is 12.6. The van der Waals surface area contributed by atoms with Crippen LogP contribution in [0, 0.1) is 6.92 Å². The normalized spacial score (nSPS) is 9.86. The van der Waals surface area contributed by atoms with Crippen molar-refractivity contribution in [1.82, 2.24) is 0 Å². The van der Waals surface area contributed by atoms with E-state index < -0.39 is 0 Å². The van der Waals surface area contributed by atoms with Crippen LogP contribution in [0.5, 0.6) is 0 Å². The second kappa shape index (κ2) is 7.72. The quantitative estimate of drug-likeness (QED) is 0.268. The maximum absolute atomic E-state index is 5.41. The van der Waals surface area contributed by atoms with Crippen LogP contribution in [0.1, 0.15) is 22.3 Å². The van der Waals surface area contributed by atoms with Gasteiger partial charge in [-0.05, 0) is 23.6 Å². The van der Waals surface area contributed by atoms with E-state index in [-0.39, 0.29) is 17.9 Å². The van der Waals surface area contributed by atoms with Crippen molar-refractivity contribution in [2.75, 3.05) is 0 Å². The Bertz CT molecular complexity index is 563. The van der Waals surface area contributed by atoms with Gasteiger partial charge < -0.3 is 34.4 Å². The molecule has 9 nitrogen and oxygen atoms in total. The molecule has 0 fully saturated rings. The summed E-state index contributed by atoms with van der Waals surface area (Å²) in [4.78, 5) is 12.1. The summed E-state index contributed by atoms with van der Waals surface area (Å²) < 4.78 is 0. The number of aryl methyl sites for hydroxylation is 1. The van der Waals surface area contributed by atoms with Gasteiger partial charge in [0.15, 0.2) is 17.9 Å². The van der Waals surface area contributed by atoms with E-state index in [2.05, 4.69) is 15.0 Å². The van der Waals surface area contributed by atoms with Gasteiger partial charge in [-0.15, -0.1) is 0 Å². The molecule has 1 aromatic carbocycles. The molecule has 22 heavy (non-hydrogen) atoms. The first-order valence-electron chi connectivity index (χ1n) is 6.57. The monoisotopic (exact) mass is 305 g/mol. The van der Waals surface area contributed by atoms with Crippen LogP contribution >= 0.6 is 0 Å². The molecule has 0 radical (unpaired) electrons. The first-order valence-corrected chi connectivity index (χ1v) is 6.57. The van der Waals surface area contributed by atoms with Gasteiger partial charge in [0.2, 0.25) is 0 Å². The third kappa shape index (κ3) is 5.57. The van der Waals surface area contributed by atoms with Gasteiger partial charge >= 0.3 is 0 Å². The highest BCUT2D eigenvalue weighted by atomic mass is 15.0. The minimum atomic E-state index is 0.00107. The average molecular weight is 305 g/mol. The molecule has 12 N–H and O–H groups in total. The standard InChI is InChI=1S/C13H23N9/c1-7-2-8(4-20-11(14)15)10(6-22-13(18)19)9(3-7)5-21-12(16)17/h2-3H,4-6H2,1H3,(H4,14,15,20)(H4,16,17,21)(H4,18,19,22). The summed E-state index contributed by atoms with van der Waals surface area (Å²) in [5.41, 5.74) is 36.2. The Morgan fingerprint density at radius 1 is 0.727 bits per heavy atom. The molecule has 1 aromatic rings. The molecule has 0 saturated heterocycles. The van der Waals surface area contributed by atoms with E-state index in [1.54, 1.807) is 0 Å². The van der Waals surface area contributed by atoms with Crippen molar-refractivity contribution in [1.29, 1.82) is 0 Å². The predicted octanol–water partition coefficient (Wildman–Crippen LogP) is -1.68. The van der Waals surface area contributed by atoms with Crippen LogP contribution in [0.4, 0.5) is 0 Å². The van der Waals surface area contributed by atoms with Crippen LogP contribution in [-0.4, -0.2) is 17.9 Å². The number of rotatable bonds is 6. The van der Waals surface area contributed by atoms with Crippen molar-refractivity contribution in [3.8, 4) is 0 Å². The molecule has 0 saturated carbocycles. The highest BCUT2D eigenvalue weighted by Crippen LogP contribution is 2.21. The zero-order valence-electron chi connectivity index (χ0n) is 12.6. The zero-order chi connectivity index (χ0) is 16.7. The molecular weight excluding hydrogens is 282 g/mol. The molecule has 0 aliphatic rings. The lowest BCUT2D eigenvalue weighted by Crippen LogP contribution is -2.24. The van der Waals surface area contributed by atoms with Crippen molar-refractivity contribution >= 4 is 17.9 Å². The SMILES string of the molecule is Cc1cc(CN=C(N)N)c(CN=C(N)N)c(CN=C(N)N)c1. The number of guanidine groups is 3. The van der Waals surface area contributed by atoms with Crippen LogP contribution in [-0.2, 0) is 19.6 Å². The van der Waals surface area contributed by atoms with Crippen LogP contribution in [0.25, 0.3) is 0 Å². The minimum absolute atomic E-state index is 0.00107. The summed E-state index contributed by atoms with van der Waals surface area (Å²) in [6.07, 6.45) is 0. The summed E-state index contributed by atoms with van der Waals surface area (Å²) in [5, 5.41) is 0.